The third-order valence-electron chi connectivity index (χ3n) is 7.21. The lowest BCUT2D eigenvalue weighted by Crippen LogP contribution is -2.71. The van der Waals surface area contributed by atoms with Gasteiger partial charge in [0.25, 0.3) is 0 Å². The first-order valence-electron chi connectivity index (χ1n) is 12.7. The highest BCUT2D eigenvalue weighted by Crippen LogP contribution is 2.35. The average Bonchev–Trinajstić information content (AvgIpc) is 2.91. The molecule has 3 aromatic rings. The molecular weight excluding hydrogens is 464 g/mol. The lowest BCUT2D eigenvalue weighted by Gasteiger charge is -2.52. The van der Waals surface area contributed by atoms with Crippen LogP contribution in [0.15, 0.2) is 78.9 Å². The summed E-state index contributed by atoms with van der Waals surface area (Å²) < 4.78 is 10.6. The Morgan fingerprint density at radius 2 is 1.27 bits per heavy atom. The van der Waals surface area contributed by atoms with Crippen LogP contribution in [0.4, 0.5) is 0 Å². The molecule has 0 aromatic heterocycles. The second-order valence-corrected chi connectivity index (χ2v) is 10.2. The molecule has 194 valence electrons. The molecule has 6 nitrogen and oxygen atoms in total. The van der Waals surface area contributed by atoms with Crippen molar-refractivity contribution in [1.29, 1.82) is 0 Å². The van der Waals surface area contributed by atoms with Gasteiger partial charge in [-0.05, 0) is 53.8 Å². The first-order valence-corrected chi connectivity index (χ1v) is 12.7. The summed E-state index contributed by atoms with van der Waals surface area (Å²) in [5.41, 5.74) is 1.87. The minimum atomic E-state index is -1.05. The Kier molecular flexibility index (Phi) is 7.86. The van der Waals surface area contributed by atoms with E-state index in [9.17, 15) is 9.59 Å². The van der Waals surface area contributed by atoms with Gasteiger partial charge >= 0.3 is 0 Å². The summed E-state index contributed by atoms with van der Waals surface area (Å²) in [6.07, 6.45) is 0.429. The fourth-order valence-corrected chi connectivity index (χ4v) is 5.16. The van der Waals surface area contributed by atoms with Gasteiger partial charge in [0.05, 0.1) is 14.2 Å². The van der Waals surface area contributed by atoms with Crippen LogP contribution < -0.4 is 9.47 Å². The Labute approximate surface area is 219 Å². The number of carbonyl (C=O) groups is 2. The molecule has 0 radical (unpaired) electrons. The Balaban J connectivity index is 1.74. The minimum absolute atomic E-state index is 0.0302. The zero-order valence-corrected chi connectivity index (χ0v) is 22.3. The van der Waals surface area contributed by atoms with Crippen molar-refractivity contribution in [2.75, 3.05) is 14.2 Å². The van der Waals surface area contributed by atoms with Gasteiger partial charge < -0.3 is 19.3 Å². The number of ether oxygens (including phenoxy) is 2. The van der Waals surface area contributed by atoms with E-state index in [0.717, 1.165) is 28.2 Å². The molecule has 1 aliphatic heterocycles. The molecule has 2 atom stereocenters. The summed E-state index contributed by atoms with van der Waals surface area (Å²) in [5.74, 6) is 1.39. The Morgan fingerprint density at radius 1 is 0.757 bits per heavy atom. The molecule has 37 heavy (non-hydrogen) atoms. The maximum atomic E-state index is 14.4. The molecule has 0 aliphatic carbocycles. The van der Waals surface area contributed by atoms with Gasteiger partial charge in [-0.25, -0.2) is 0 Å². The zero-order valence-electron chi connectivity index (χ0n) is 22.3. The summed E-state index contributed by atoms with van der Waals surface area (Å²) in [7, 11) is 3.26. The topological polar surface area (TPSA) is 59.1 Å². The Morgan fingerprint density at radius 3 is 1.76 bits per heavy atom. The van der Waals surface area contributed by atoms with Crippen LogP contribution in [0, 0.1) is 5.92 Å². The van der Waals surface area contributed by atoms with Crippen molar-refractivity contribution in [1.82, 2.24) is 9.80 Å². The van der Waals surface area contributed by atoms with Crippen molar-refractivity contribution in [3.05, 3.63) is 95.6 Å². The summed E-state index contributed by atoms with van der Waals surface area (Å²) in [6, 6.07) is 24.7. The van der Waals surface area contributed by atoms with Crippen LogP contribution in [0.25, 0.3) is 0 Å². The molecule has 0 bridgehead atoms. The lowest BCUT2D eigenvalue weighted by atomic mass is 9.82. The number of hydrogen-bond acceptors (Lipinski definition) is 4. The van der Waals surface area contributed by atoms with E-state index in [1.165, 1.54) is 0 Å². The van der Waals surface area contributed by atoms with Gasteiger partial charge in [-0.15, -0.1) is 0 Å². The van der Waals surface area contributed by atoms with Crippen molar-refractivity contribution in [3.63, 3.8) is 0 Å². The number of hydrogen-bond donors (Lipinski definition) is 0. The van der Waals surface area contributed by atoms with Crippen LogP contribution in [0.1, 0.15) is 37.5 Å². The van der Waals surface area contributed by atoms with Crippen LogP contribution in [-0.4, -0.2) is 47.4 Å². The molecule has 0 saturated carbocycles. The third kappa shape index (κ3) is 5.48. The highest BCUT2D eigenvalue weighted by Gasteiger charge is 2.54. The Bertz CT molecular complexity index is 1210. The standard InChI is InChI=1S/C31H36N2O4/c1-22(2)28-29(34)33(21-25-13-17-27(37-5)18-14-25)31(3,19-23-9-7-6-8-10-23)30(35)32(28)20-24-11-15-26(36-4)16-12-24/h6-18,22,28H,19-21H2,1-5H3/t28-,31-/m0/s1. The number of nitrogens with zero attached hydrogens (tertiary/aromatic N) is 2. The fourth-order valence-electron chi connectivity index (χ4n) is 5.16. The van der Waals surface area contributed by atoms with Gasteiger partial charge in [0.1, 0.15) is 23.1 Å². The second-order valence-electron chi connectivity index (χ2n) is 10.2. The number of methoxy groups -OCH3 is 2. The van der Waals surface area contributed by atoms with Gasteiger partial charge in [-0.3, -0.25) is 9.59 Å². The Hall–Kier alpha value is -3.80. The van der Waals surface area contributed by atoms with E-state index in [1.54, 1.807) is 24.0 Å². The van der Waals surface area contributed by atoms with E-state index >= 15 is 0 Å². The van der Waals surface area contributed by atoms with Crippen molar-refractivity contribution in [2.45, 2.75) is 51.9 Å². The molecule has 2 amide bonds. The van der Waals surface area contributed by atoms with Crippen molar-refractivity contribution < 1.29 is 19.1 Å². The van der Waals surface area contributed by atoms with E-state index in [0.29, 0.717) is 19.5 Å². The number of rotatable bonds is 9. The molecule has 0 spiro atoms. The lowest BCUT2D eigenvalue weighted by molar-refractivity contribution is -0.173. The molecule has 6 heteroatoms. The molecule has 1 fully saturated rings. The predicted molar refractivity (Wildman–Crippen MR) is 144 cm³/mol. The number of piperazine rings is 1. The first-order chi connectivity index (χ1) is 17.8. The van der Waals surface area contributed by atoms with Crippen LogP contribution >= 0.6 is 0 Å². The van der Waals surface area contributed by atoms with Crippen molar-refractivity contribution in [3.8, 4) is 11.5 Å². The summed E-state index contributed by atoms with van der Waals surface area (Å²) in [5, 5.41) is 0. The monoisotopic (exact) mass is 500 g/mol. The van der Waals surface area contributed by atoms with Crippen LogP contribution in [0.2, 0.25) is 0 Å². The molecular formula is C31H36N2O4. The normalized spacial score (nSPS) is 19.9. The smallest absolute Gasteiger partial charge is 0.249 e. The quantitative estimate of drug-likeness (QED) is 0.410. The van der Waals surface area contributed by atoms with Crippen molar-refractivity contribution >= 4 is 11.8 Å². The molecule has 4 rings (SSSR count). The summed E-state index contributed by atoms with van der Waals surface area (Å²) in [6.45, 7) is 6.61. The van der Waals surface area contributed by atoms with E-state index in [4.69, 9.17) is 9.47 Å². The van der Waals surface area contributed by atoms with Crippen LogP contribution in [0.3, 0.4) is 0 Å². The number of amides is 2. The SMILES string of the molecule is COc1ccc(CN2C(=O)[C@](C)(Cc3ccccc3)N(Cc3ccc(OC)cc3)C(=O)[C@@H]2C(C)C)cc1. The van der Waals surface area contributed by atoms with E-state index in [2.05, 4.69) is 0 Å². The third-order valence-corrected chi connectivity index (χ3v) is 7.21. The van der Waals surface area contributed by atoms with Gasteiger partial charge in [-0.2, -0.15) is 0 Å². The van der Waals surface area contributed by atoms with Gasteiger partial charge in [0.2, 0.25) is 11.8 Å². The first kappa shape index (κ1) is 26.3. The highest BCUT2D eigenvalue weighted by molar-refractivity contribution is 6.00. The number of carbonyl (C=O) groups excluding carboxylic acids is 2. The predicted octanol–water partition coefficient (Wildman–Crippen LogP) is 5.10. The molecule has 1 saturated heterocycles. The second kappa shape index (κ2) is 11.1. The molecule has 0 unspecified atom stereocenters. The van der Waals surface area contributed by atoms with Crippen LogP contribution in [-0.2, 0) is 29.1 Å². The molecule has 1 aliphatic rings. The van der Waals surface area contributed by atoms with E-state index in [1.807, 2.05) is 99.6 Å². The molecule has 1 heterocycles. The average molecular weight is 501 g/mol. The number of benzene rings is 3. The fraction of sp³-hybridized carbons (Fsp3) is 0.355. The maximum absolute atomic E-state index is 14.4. The van der Waals surface area contributed by atoms with Crippen LogP contribution in [0.5, 0.6) is 11.5 Å². The van der Waals surface area contributed by atoms with Gasteiger partial charge in [0.15, 0.2) is 0 Å². The highest BCUT2D eigenvalue weighted by atomic mass is 16.5. The summed E-state index contributed by atoms with van der Waals surface area (Å²) in [4.78, 5) is 32.2. The van der Waals surface area contributed by atoms with Gasteiger partial charge in [0, 0.05) is 19.5 Å². The van der Waals surface area contributed by atoms with Crippen molar-refractivity contribution in [2.24, 2.45) is 5.92 Å². The maximum Gasteiger partial charge on any atom is 0.249 e. The van der Waals surface area contributed by atoms with E-state index in [-0.39, 0.29) is 17.7 Å². The molecule has 3 aromatic carbocycles. The zero-order chi connectivity index (χ0) is 26.6. The largest absolute Gasteiger partial charge is 0.497 e. The van der Waals surface area contributed by atoms with E-state index < -0.39 is 11.6 Å². The minimum Gasteiger partial charge on any atom is -0.497 e. The summed E-state index contributed by atoms with van der Waals surface area (Å²) >= 11 is 0. The van der Waals surface area contributed by atoms with Gasteiger partial charge in [-0.1, -0.05) is 68.4 Å². The molecule has 0 N–H and O–H groups in total.